The average Bonchev–Trinajstić information content (AvgIpc) is 3.05. The maximum atomic E-state index is 10.3. The van der Waals surface area contributed by atoms with E-state index in [4.69, 9.17) is 36.4 Å². The number of carbonyl (C=O) groups excluding carboxylic acids is 1. The molecule has 132 valence electrons. The minimum Gasteiger partial charge on any atom is -0.480 e. The first-order chi connectivity index (χ1) is 10.7. The molecule has 1 aromatic rings. The zero-order valence-electron chi connectivity index (χ0n) is 12.1. The maximum Gasteiger partial charge on any atom is 0.320 e. The van der Waals surface area contributed by atoms with Gasteiger partial charge in [0.15, 0.2) is 6.29 Å². The van der Waals surface area contributed by atoms with Crippen LogP contribution in [0.25, 0.3) is 0 Å². The summed E-state index contributed by atoms with van der Waals surface area (Å²) >= 11 is 0. The van der Waals surface area contributed by atoms with Crippen LogP contribution in [0.2, 0.25) is 0 Å². The second kappa shape index (κ2) is 10.8. The first-order valence-corrected chi connectivity index (χ1v) is 6.49. The number of aromatic amines is 1. The molecule has 9 N–H and O–H groups in total. The summed E-state index contributed by atoms with van der Waals surface area (Å²) in [6.07, 6.45) is -3.46. The predicted octanol–water partition coefficient (Wildman–Crippen LogP) is -4.01. The van der Waals surface area contributed by atoms with Crippen molar-refractivity contribution >= 4 is 12.3 Å². The molecule has 1 unspecified atom stereocenters. The number of hydrogen-bond acceptors (Lipinski definition) is 9. The highest BCUT2D eigenvalue weighted by molar-refractivity contribution is 5.73. The minimum absolute atomic E-state index is 0.0258. The number of hydrogen-bond donors (Lipinski definition) is 8. The smallest absolute Gasteiger partial charge is 0.320 e. The number of aromatic nitrogens is 2. The molecule has 0 bridgehead atoms. The van der Waals surface area contributed by atoms with Gasteiger partial charge in [0.2, 0.25) is 0 Å². The van der Waals surface area contributed by atoms with Crippen LogP contribution in [0, 0.1) is 0 Å². The molecule has 0 radical (unpaired) electrons. The number of aliphatic carboxylic acids is 1. The first-order valence-electron chi connectivity index (χ1n) is 6.49. The molecule has 11 heteroatoms. The number of H-pyrrole nitrogens is 1. The summed E-state index contributed by atoms with van der Waals surface area (Å²) in [5.41, 5.74) is 5.92. The molecule has 0 aliphatic heterocycles. The molecule has 0 saturated carbocycles. The van der Waals surface area contributed by atoms with E-state index in [1.165, 1.54) is 6.33 Å². The maximum absolute atomic E-state index is 10.3. The number of aliphatic hydroxyl groups excluding tert-OH is 5. The van der Waals surface area contributed by atoms with Crippen molar-refractivity contribution in [3.05, 3.63) is 18.2 Å². The van der Waals surface area contributed by atoms with Crippen LogP contribution in [-0.4, -0.2) is 89.9 Å². The topological polar surface area (TPSA) is 210 Å². The Hall–Kier alpha value is -1.89. The summed E-state index contributed by atoms with van der Waals surface area (Å²) in [5.74, 6) is -1.01. The van der Waals surface area contributed by atoms with Crippen molar-refractivity contribution in [2.45, 2.75) is 36.9 Å². The molecule has 1 rings (SSSR count). The summed E-state index contributed by atoms with van der Waals surface area (Å²) in [7, 11) is 0. The van der Waals surface area contributed by atoms with Crippen LogP contribution in [0.1, 0.15) is 5.69 Å². The zero-order chi connectivity index (χ0) is 18.0. The monoisotopic (exact) mass is 335 g/mol. The van der Waals surface area contributed by atoms with Gasteiger partial charge in [-0.3, -0.25) is 4.79 Å². The van der Waals surface area contributed by atoms with Gasteiger partial charge in [-0.1, -0.05) is 0 Å². The highest BCUT2D eigenvalue weighted by Crippen LogP contribution is 2.03. The van der Waals surface area contributed by atoms with E-state index in [1.54, 1.807) is 6.20 Å². The van der Waals surface area contributed by atoms with E-state index in [9.17, 15) is 9.59 Å². The second-order valence-corrected chi connectivity index (χ2v) is 4.57. The van der Waals surface area contributed by atoms with Gasteiger partial charge in [0.05, 0.1) is 18.6 Å². The van der Waals surface area contributed by atoms with E-state index < -0.39 is 43.0 Å². The van der Waals surface area contributed by atoms with E-state index in [2.05, 4.69) is 9.97 Å². The number of carboxylic acids is 1. The molecule has 1 heterocycles. The Morgan fingerprint density at radius 2 is 1.91 bits per heavy atom. The van der Waals surface area contributed by atoms with Gasteiger partial charge in [-0.15, -0.1) is 0 Å². The normalized spacial score (nSPS) is 17.1. The number of imidazole rings is 1. The molecule has 5 atom stereocenters. The number of aldehydes is 1. The molecule has 11 nitrogen and oxygen atoms in total. The molecule has 0 amide bonds. The fourth-order valence-electron chi connectivity index (χ4n) is 1.33. The van der Waals surface area contributed by atoms with Crippen LogP contribution in [0.5, 0.6) is 0 Å². The van der Waals surface area contributed by atoms with Crippen LogP contribution in [0.3, 0.4) is 0 Å². The molecule has 0 spiro atoms. The van der Waals surface area contributed by atoms with Gasteiger partial charge in [0.1, 0.15) is 30.5 Å². The standard InChI is InChI=1S/C6H9N3O2.C6H12O6/c7-5(6(10)11)1-4-2-8-3-9-4;7-1-3(9)5(11)6(12)4(10)2-8/h2-3,5H,1,7H2,(H,8,9)(H,10,11);1,3-6,8-12H,2H2/t;3-,4-,5-,6-/m.1/s1. The summed E-state index contributed by atoms with van der Waals surface area (Å²) in [6.45, 7) is -0.760. The lowest BCUT2D eigenvalue weighted by molar-refractivity contribution is -0.138. The minimum atomic E-state index is -1.79. The van der Waals surface area contributed by atoms with E-state index in [-0.39, 0.29) is 12.7 Å². The quantitative estimate of drug-likeness (QED) is 0.216. The summed E-state index contributed by atoms with van der Waals surface area (Å²) in [5, 5.41) is 52.0. The number of carbonyl (C=O) groups is 2. The van der Waals surface area contributed by atoms with Gasteiger partial charge in [-0.2, -0.15) is 0 Å². The van der Waals surface area contributed by atoms with Crippen molar-refractivity contribution in [3.8, 4) is 0 Å². The Morgan fingerprint density at radius 1 is 1.30 bits per heavy atom. The Bertz CT molecular complexity index is 455. The van der Waals surface area contributed by atoms with Crippen LogP contribution in [0.4, 0.5) is 0 Å². The second-order valence-electron chi connectivity index (χ2n) is 4.57. The number of nitrogens with one attached hydrogen (secondary N) is 1. The Morgan fingerprint density at radius 3 is 2.30 bits per heavy atom. The molecule has 0 aromatic carbocycles. The predicted molar refractivity (Wildman–Crippen MR) is 75.1 cm³/mol. The number of carboxylic acid groups (broad SMARTS) is 1. The van der Waals surface area contributed by atoms with Crippen molar-refractivity contribution in [1.29, 1.82) is 0 Å². The van der Waals surface area contributed by atoms with Crippen molar-refractivity contribution in [2.75, 3.05) is 6.61 Å². The third-order valence-electron chi connectivity index (χ3n) is 2.72. The SMILES string of the molecule is NC(Cc1c[nH]cn1)C(=O)O.O=C[C@@H](O)[C@@H](O)[C@H](O)[C@H](O)CO. The third kappa shape index (κ3) is 7.78. The molecule has 0 fully saturated rings. The fraction of sp³-hybridized carbons (Fsp3) is 0.583. The fourth-order valence-corrected chi connectivity index (χ4v) is 1.33. The lowest BCUT2D eigenvalue weighted by atomic mass is 10.0. The van der Waals surface area contributed by atoms with E-state index in [0.29, 0.717) is 5.69 Å². The molecular formula is C12H21N3O8. The number of aliphatic hydroxyl groups is 5. The van der Waals surface area contributed by atoms with Crippen molar-refractivity contribution in [3.63, 3.8) is 0 Å². The van der Waals surface area contributed by atoms with E-state index in [0.717, 1.165) is 0 Å². The van der Waals surface area contributed by atoms with Gasteiger partial charge < -0.3 is 46.2 Å². The number of rotatable bonds is 8. The summed E-state index contributed by atoms with van der Waals surface area (Å²) in [4.78, 5) is 26.7. The third-order valence-corrected chi connectivity index (χ3v) is 2.72. The van der Waals surface area contributed by atoms with E-state index in [1.807, 2.05) is 0 Å². The lowest BCUT2D eigenvalue weighted by Gasteiger charge is -2.22. The summed E-state index contributed by atoms with van der Waals surface area (Å²) < 4.78 is 0. The molecular weight excluding hydrogens is 314 g/mol. The van der Waals surface area contributed by atoms with Crippen LogP contribution < -0.4 is 5.73 Å². The van der Waals surface area contributed by atoms with Gasteiger partial charge in [-0.25, -0.2) is 4.98 Å². The zero-order valence-corrected chi connectivity index (χ0v) is 12.1. The largest absolute Gasteiger partial charge is 0.480 e. The van der Waals surface area contributed by atoms with Crippen LogP contribution in [0.15, 0.2) is 12.5 Å². The molecule has 1 aromatic heterocycles. The Kier molecular flexibility index (Phi) is 9.89. The number of nitrogens with zero attached hydrogens (tertiary/aromatic N) is 1. The first kappa shape index (κ1) is 21.1. The Balaban J connectivity index is 0.000000422. The highest BCUT2D eigenvalue weighted by atomic mass is 16.4. The van der Waals surface area contributed by atoms with Crippen molar-refractivity contribution in [2.24, 2.45) is 5.73 Å². The van der Waals surface area contributed by atoms with Crippen LogP contribution >= 0.6 is 0 Å². The van der Waals surface area contributed by atoms with Gasteiger partial charge in [0, 0.05) is 12.6 Å². The molecule has 0 saturated heterocycles. The average molecular weight is 335 g/mol. The highest BCUT2D eigenvalue weighted by Gasteiger charge is 2.29. The summed E-state index contributed by atoms with van der Waals surface area (Å²) in [6, 6.07) is -0.863. The molecule has 23 heavy (non-hydrogen) atoms. The van der Waals surface area contributed by atoms with Gasteiger partial charge in [0.25, 0.3) is 0 Å². The van der Waals surface area contributed by atoms with E-state index >= 15 is 0 Å². The van der Waals surface area contributed by atoms with Crippen molar-refractivity contribution < 1.29 is 40.2 Å². The Labute approximate surface area is 131 Å². The van der Waals surface area contributed by atoms with Crippen molar-refractivity contribution in [1.82, 2.24) is 9.97 Å². The molecule has 0 aliphatic carbocycles. The van der Waals surface area contributed by atoms with Gasteiger partial charge in [-0.05, 0) is 0 Å². The number of nitrogens with two attached hydrogens (primary N) is 1. The molecule has 0 aliphatic rings. The van der Waals surface area contributed by atoms with Crippen LogP contribution in [-0.2, 0) is 16.0 Å². The van der Waals surface area contributed by atoms with Gasteiger partial charge >= 0.3 is 5.97 Å². The lowest BCUT2D eigenvalue weighted by Crippen LogP contribution is -2.46.